The summed E-state index contributed by atoms with van der Waals surface area (Å²) >= 11 is 0. The van der Waals surface area contributed by atoms with Gasteiger partial charge in [-0.1, -0.05) is 55.1 Å². The van der Waals surface area contributed by atoms with Crippen LogP contribution in [-0.2, 0) is 14.3 Å². The summed E-state index contributed by atoms with van der Waals surface area (Å²) < 4.78 is 17.0. The number of allylic oxidation sites excluding steroid dienone is 2. The molecule has 0 spiro atoms. The number of esters is 1. The summed E-state index contributed by atoms with van der Waals surface area (Å²) in [5, 5.41) is 9.25. The van der Waals surface area contributed by atoms with E-state index in [1.807, 2.05) is 60.7 Å². The van der Waals surface area contributed by atoms with Crippen molar-refractivity contribution in [1.29, 1.82) is 0 Å². The van der Waals surface area contributed by atoms with E-state index >= 15 is 0 Å². The van der Waals surface area contributed by atoms with Gasteiger partial charge in [0.25, 0.3) is 0 Å². The fourth-order valence-electron chi connectivity index (χ4n) is 6.94. The lowest BCUT2D eigenvalue weighted by Crippen LogP contribution is -2.52. The maximum atomic E-state index is 11.4. The van der Waals surface area contributed by atoms with Gasteiger partial charge in [0.2, 0.25) is 0 Å². The molecule has 0 radical (unpaired) electrons. The Labute approximate surface area is 232 Å². The summed E-state index contributed by atoms with van der Waals surface area (Å²) in [6, 6.07) is 15.1. The lowest BCUT2D eigenvalue weighted by atomic mass is 9.54. The van der Waals surface area contributed by atoms with Crippen LogP contribution >= 0.6 is 0 Å². The monoisotopic (exact) mass is 528 g/mol. The Bertz CT molecular complexity index is 1120. The number of rotatable bonds is 7. The zero-order valence-corrected chi connectivity index (χ0v) is 22.7. The number of carbonyl (C=O) groups is 1. The van der Waals surface area contributed by atoms with Gasteiger partial charge in [-0.25, -0.2) is 4.79 Å². The van der Waals surface area contributed by atoms with Gasteiger partial charge in [-0.15, -0.1) is 0 Å². The Kier molecular flexibility index (Phi) is 8.88. The van der Waals surface area contributed by atoms with E-state index in [0.717, 1.165) is 73.3 Å². The number of phenols is 1. The Morgan fingerprint density at radius 1 is 0.872 bits per heavy atom. The van der Waals surface area contributed by atoms with Crippen molar-refractivity contribution in [3.05, 3.63) is 84.5 Å². The molecule has 0 aromatic heterocycles. The smallest absolute Gasteiger partial charge is 0.330 e. The number of aromatic hydroxyl groups is 1. The molecule has 1 saturated heterocycles. The molecule has 1 unspecified atom stereocenters. The van der Waals surface area contributed by atoms with Gasteiger partial charge in [0.1, 0.15) is 17.1 Å². The minimum Gasteiger partial charge on any atom is -0.508 e. The maximum absolute atomic E-state index is 11.4. The summed E-state index contributed by atoms with van der Waals surface area (Å²) in [6.07, 6.45) is 19.9. The summed E-state index contributed by atoms with van der Waals surface area (Å²) in [5.74, 6) is 3.39. The molecule has 2 aromatic rings. The molecule has 4 bridgehead atoms. The lowest BCUT2D eigenvalue weighted by molar-refractivity contribution is -0.181. The van der Waals surface area contributed by atoms with Crippen molar-refractivity contribution in [2.24, 2.45) is 17.8 Å². The topological polar surface area (TPSA) is 65.0 Å². The third kappa shape index (κ3) is 7.63. The molecule has 5 heteroatoms. The van der Waals surface area contributed by atoms with E-state index in [4.69, 9.17) is 14.2 Å². The van der Waals surface area contributed by atoms with Crippen LogP contribution in [0.1, 0.15) is 68.9 Å². The third-order valence-corrected chi connectivity index (χ3v) is 8.33. The molecule has 5 aliphatic rings. The van der Waals surface area contributed by atoms with Crippen LogP contribution in [0.3, 0.4) is 0 Å². The first-order valence-electron chi connectivity index (χ1n) is 14.4. The molecule has 1 atom stereocenters. The zero-order chi connectivity index (χ0) is 27.1. The van der Waals surface area contributed by atoms with Gasteiger partial charge >= 0.3 is 5.97 Å². The van der Waals surface area contributed by atoms with Crippen LogP contribution in [0.15, 0.2) is 73.3 Å². The van der Waals surface area contributed by atoms with Gasteiger partial charge in [0, 0.05) is 12.5 Å². The quantitative estimate of drug-likeness (QED) is 0.227. The number of phenolic OH excluding ortho intramolecular Hbond substituents is 1. The van der Waals surface area contributed by atoms with E-state index in [9.17, 15) is 9.90 Å². The van der Waals surface area contributed by atoms with Crippen molar-refractivity contribution in [3.8, 4) is 11.5 Å². The highest BCUT2D eigenvalue weighted by atomic mass is 16.7. The second kappa shape index (κ2) is 12.7. The molecule has 5 nitrogen and oxygen atoms in total. The minimum absolute atomic E-state index is 0.0972. The molecule has 5 fully saturated rings. The molecular formula is C34H40O5. The van der Waals surface area contributed by atoms with E-state index in [2.05, 4.69) is 6.58 Å². The Balaban J connectivity index is 0.000000175. The van der Waals surface area contributed by atoms with Gasteiger partial charge in [0.05, 0.1) is 6.61 Å². The fourth-order valence-corrected chi connectivity index (χ4v) is 6.94. The summed E-state index contributed by atoms with van der Waals surface area (Å²) in [5.41, 5.74) is 2.07. The largest absolute Gasteiger partial charge is 0.508 e. The fraction of sp³-hybridized carbons (Fsp3) is 0.441. The standard InChI is InChI=1S/C21H22O3.C13H18O2/c22-19-12-8-17(9-13-19)5-1-2-6-18-10-14-20(15-11-18)24-21-7-3-4-16-23-21;1-2-12(14)15-13-6-9-3-10(7-13)5-11(4-9)8-13/h1-2,5-6,8-15,21-22H,3-4,7,16H2;2,9-11H,1,3-8H2. The van der Waals surface area contributed by atoms with Crippen LogP contribution in [0.2, 0.25) is 0 Å². The first kappa shape index (κ1) is 27.3. The van der Waals surface area contributed by atoms with Crippen molar-refractivity contribution < 1.29 is 24.1 Å². The highest BCUT2D eigenvalue weighted by Crippen LogP contribution is 2.57. The van der Waals surface area contributed by atoms with E-state index in [1.54, 1.807) is 12.1 Å². The second-order valence-corrected chi connectivity index (χ2v) is 11.5. The molecule has 1 N–H and O–H groups in total. The van der Waals surface area contributed by atoms with Gasteiger partial charge < -0.3 is 19.3 Å². The Morgan fingerprint density at radius 2 is 1.44 bits per heavy atom. The van der Waals surface area contributed by atoms with Crippen molar-refractivity contribution in [2.75, 3.05) is 6.61 Å². The third-order valence-electron chi connectivity index (χ3n) is 8.33. The van der Waals surface area contributed by atoms with Crippen molar-refractivity contribution in [2.45, 2.75) is 69.7 Å². The highest BCUT2D eigenvalue weighted by molar-refractivity contribution is 5.81. The van der Waals surface area contributed by atoms with Gasteiger partial charge in [-0.3, -0.25) is 0 Å². The predicted octanol–water partition coefficient (Wildman–Crippen LogP) is 7.71. The number of carbonyl (C=O) groups excluding carboxylic acids is 1. The Morgan fingerprint density at radius 3 is 1.95 bits per heavy atom. The molecule has 4 saturated carbocycles. The molecule has 1 heterocycles. The van der Waals surface area contributed by atoms with Crippen LogP contribution in [0.5, 0.6) is 11.5 Å². The van der Waals surface area contributed by atoms with Crippen molar-refractivity contribution >= 4 is 18.1 Å². The number of hydrogen-bond acceptors (Lipinski definition) is 5. The summed E-state index contributed by atoms with van der Waals surface area (Å²) in [6.45, 7) is 4.27. The first-order valence-corrected chi connectivity index (χ1v) is 14.4. The highest BCUT2D eigenvalue weighted by Gasteiger charge is 2.53. The second-order valence-electron chi connectivity index (χ2n) is 11.5. The Hall–Kier alpha value is -3.31. The maximum Gasteiger partial charge on any atom is 0.330 e. The summed E-state index contributed by atoms with van der Waals surface area (Å²) in [7, 11) is 0. The number of hydrogen-bond donors (Lipinski definition) is 1. The van der Waals surface area contributed by atoms with Crippen molar-refractivity contribution in [1.82, 2.24) is 0 Å². The zero-order valence-electron chi connectivity index (χ0n) is 22.7. The van der Waals surface area contributed by atoms with Crippen LogP contribution in [-0.4, -0.2) is 29.6 Å². The van der Waals surface area contributed by atoms with E-state index in [1.165, 1.54) is 31.8 Å². The number of benzene rings is 2. The summed E-state index contributed by atoms with van der Waals surface area (Å²) in [4.78, 5) is 11.4. The minimum atomic E-state index is -0.225. The van der Waals surface area contributed by atoms with Crippen molar-refractivity contribution in [3.63, 3.8) is 0 Å². The van der Waals surface area contributed by atoms with Gasteiger partial charge in [-0.05, 0) is 105 Å². The predicted molar refractivity (Wildman–Crippen MR) is 154 cm³/mol. The van der Waals surface area contributed by atoms with Crippen LogP contribution in [0.4, 0.5) is 0 Å². The molecule has 0 amide bonds. The van der Waals surface area contributed by atoms with E-state index in [0.29, 0.717) is 0 Å². The normalized spacial score (nSPS) is 29.1. The van der Waals surface area contributed by atoms with Gasteiger partial charge in [-0.2, -0.15) is 0 Å². The van der Waals surface area contributed by atoms with Gasteiger partial charge in [0.15, 0.2) is 6.29 Å². The van der Waals surface area contributed by atoms with E-state index < -0.39 is 0 Å². The van der Waals surface area contributed by atoms with Crippen LogP contribution in [0, 0.1) is 17.8 Å². The van der Waals surface area contributed by atoms with E-state index in [-0.39, 0.29) is 23.6 Å². The average Bonchev–Trinajstić information content (AvgIpc) is 2.93. The lowest BCUT2D eigenvalue weighted by Gasteiger charge is -2.55. The molecule has 4 aliphatic carbocycles. The van der Waals surface area contributed by atoms with Crippen LogP contribution in [0.25, 0.3) is 12.2 Å². The molecule has 206 valence electrons. The number of ether oxygens (including phenoxy) is 3. The first-order chi connectivity index (χ1) is 19.0. The molecule has 2 aromatic carbocycles. The molecule has 39 heavy (non-hydrogen) atoms. The molecular weight excluding hydrogens is 488 g/mol. The molecule has 7 rings (SSSR count). The average molecular weight is 529 g/mol. The SMILES string of the molecule is C=CC(=O)OC12CC3CC(CC(C3)C1)C2.Oc1ccc(C=CC=Cc2ccc(OC3CCCCO3)cc2)cc1. The molecule has 1 aliphatic heterocycles. The van der Waals surface area contributed by atoms with Crippen LogP contribution < -0.4 is 4.74 Å².